The molecule has 2 aromatic rings. The predicted octanol–water partition coefficient (Wildman–Crippen LogP) is -0.343. The fourth-order valence-electron chi connectivity index (χ4n) is 2.25. The Balaban J connectivity index is 2.58. The minimum Gasteiger partial charge on any atom is -0.391 e. The number of nitrogens with one attached hydrogen (secondary N) is 1. The SMILES string of the molecule is C[C@H](O)[C@H](O)[C@](O)(c1cc2ccccc2[nH]1)[C@@H](O)C=O. The zero-order valence-electron chi connectivity index (χ0n) is 10.9. The number of aldehydes is 1. The highest BCUT2D eigenvalue weighted by atomic mass is 16.4. The molecule has 6 nitrogen and oxygen atoms in total. The number of aromatic nitrogens is 1. The summed E-state index contributed by atoms with van der Waals surface area (Å²) in [6.07, 6.45) is -4.81. The number of rotatable bonds is 5. The van der Waals surface area contributed by atoms with Crippen molar-refractivity contribution in [2.75, 3.05) is 0 Å². The number of carbonyl (C=O) groups is 1. The van der Waals surface area contributed by atoms with Crippen LogP contribution in [0.2, 0.25) is 0 Å². The fourth-order valence-corrected chi connectivity index (χ4v) is 2.25. The molecule has 20 heavy (non-hydrogen) atoms. The minimum atomic E-state index is -2.31. The van der Waals surface area contributed by atoms with Gasteiger partial charge >= 0.3 is 0 Å². The molecular formula is C14H17NO5. The van der Waals surface area contributed by atoms with Gasteiger partial charge in [0, 0.05) is 5.52 Å². The third-order valence-corrected chi connectivity index (χ3v) is 3.45. The molecule has 0 radical (unpaired) electrons. The van der Waals surface area contributed by atoms with Gasteiger partial charge in [0.2, 0.25) is 0 Å². The Morgan fingerprint density at radius 2 is 1.90 bits per heavy atom. The Kier molecular flexibility index (Phi) is 3.92. The average molecular weight is 279 g/mol. The van der Waals surface area contributed by atoms with E-state index >= 15 is 0 Å². The molecule has 0 saturated carbocycles. The van der Waals surface area contributed by atoms with Gasteiger partial charge in [-0.15, -0.1) is 0 Å². The molecule has 0 aliphatic rings. The van der Waals surface area contributed by atoms with E-state index in [1.165, 1.54) is 13.0 Å². The van der Waals surface area contributed by atoms with Gasteiger partial charge in [0.1, 0.15) is 12.2 Å². The largest absolute Gasteiger partial charge is 0.391 e. The molecule has 0 unspecified atom stereocenters. The number of H-pyrrole nitrogens is 1. The van der Waals surface area contributed by atoms with Gasteiger partial charge in [-0.2, -0.15) is 0 Å². The van der Waals surface area contributed by atoms with Crippen molar-refractivity contribution in [1.82, 2.24) is 4.98 Å². The fraction of sp³-hybridized carbons (Fsp3) is 0.357. The van der Waals surface area contributed by atoms with Crippen LogP contribution in [0.4, 0.5) is 0 Å². The van der Waals surface area contributed by atoms with Crippen LogP contribution in [-0.2, 0) is 10.4 Å². The molecular weight excluding hydrogens is 262 g/mol. The number of aliphatic hydroxyl groups is 4. The summed E-state index contributed by atoms with van der Waals surface area (Å²) in [7, 11) is 0. The summed E-state index contributed by atoms with van der Waals surface area (Å²) >= 11 is 0. The number of aliphatic hydroxyl groups excluding tert-OH is 3. The number of carbonyl (C=O) groups excluding carboxylic acids is 1. The topological polar surface area (TPSA) is 114 Å². The van der Waals surface area contributed by atoms with Crippen molar-refractivity contribution in [1.29, 1.82) is 0 Å². The zero-order chi connectivity index (χ0) is 14.9. The zero-order valence-corrected chi connectivity index (χ0v) is 10.9. The van der Waals surface area contributed by atoms with Crippen LogP contribution >= 0.6 is 0 Å². The van der Waals surface area contributed by atoms with Crippen molar-refractivity contribution in [3.63, 3.8) is 0 Å². The molecule has 0 spiro atoms. The molecule has 0 bridgehead atoms. The van der Waals surface area contributed by atoms with Crippen LogP contribution in [0.1, 0.15) is 12.6 Å². The van der Waals surface area contributed by atoms with Crippen molar-refractivity contribution >= 4 is 17.2 Å². The minimum absolute atomic E-state index is 0.0618. The lowest BCUT2D eigenvalue weighted by atomic mass is 9.85. The van der Waals surface area contributed by atoms with Crippen molar-refractivity contribution in [2.45, 2.75) is 30.8 Å². The normalized spacial score (nSPS) is 19.2. The molecule has 0 fully saturated rings. The first-order chi connectivity index (χ1) is 9.41. The van der Waals surface area contributed by atoms with Crippen LogP contribution in [0.25, 0.3) is 10.9 Å². The lowest BCUT2D eigenvalue weighted by Gasteiger charge is -2.35. The summed E-state index contributed by atoms with van der Waals surface area (Å²) in [6.45, 7) is 1.26. The molecule has 1 aromatic carbocycles. The second-order valence-electron chi connectivity index (χ2n) is 4.86. The quantitative estimate of drug-likeness (QED) is 0.480. The van der Waals surface area contributed by atoms with Gasteiger partial charge in [0.05, 0.1) is 11.8 Å². The molecule has 6 heteroatoms. The van der Waals surface area contributed by atoms with E-state index in [0.29, 0.717) is 5.52 Å². The molecule has 0 amide bonds. The lowest BCUT2D eigenvalue weighted by Crippen LogP contribution is -2.54. The highest BCUT2D eigenvalue weighted by Gasteiger charge is 2.47. The van der Waals surface area contributed by atoms with Gasteiger partial charge in [-0.1, -0.05) is 18.2 Å². The third-order valence-electron chi connectivity index (χ3n) is 3.45. The summed E-state index contributed by atoms with van der Waals surface area (Å²) in [5.41, 5.74) is -1.57. The molecule has 1 heterocycles. The van der Waals surface area contributed by atoms with Crippen molar-refractivity contribution < 1.29 is 25.2 Å². The number of benzene rings is 1. The molecule has 2 rings (SSSR count). The first-order valence-corrected chi connectivity index (χ1v) is 6.21. The second kappa shape index (κ2) is 5.34. The van der Waals surface area contributed by atoms with Gasteiger partial charge < -0.3 is 30.2 Å². The second-order valence-corrected chi connectivity index (χ2v) is 4.86. The number of hydrogen-bond acceptors (Lipinski definition) is 5. The lowest BCUT2D eigenvalue weighted by molar-refractivity contribution is -0.181. The Labute approximate surface area is 115 Å². The number of hydrogen-bond donors (Lipinski definition) is 5. The Hall–Kier alpha value is -1.73. The molecule has 108 valence electrons. The van der Waals surface area contributed by atoms with E-state index < -0.39 is 23.9 Å². The maximum atomic E-state index is 10.9. The summed E-state index contributed by atoms with van der Waals surface area (Å²) in [5.74, 6) is 0. The highest BCUT2D eigenvalue weighted by molar-refractivity contribution is 5.80. The predicted molar refractivity (Wildman–Crippen MR) is 72.0 cm³/mol. The summed E-state index contributed by atoms with van der Waals surface area (Å²) in [6, 6.07) is 8.62. The van der Waals surface area contributed by atoms with Crippen LogP contribution in [0.15, 0.2) is 30.3 Å². The van der Waals surface area contributed by atoms with Crippen LogP contribution < -0.4 is 0 Å². The Bertz CT molecular complexity index is 575. The summed E-state index contributed by atoms with van der Waals surface area (Å²) < 4.78 is 0. The van der Waals surface area contributed by atoms with Crippen molar-refractivity contribution in [2.24, 2.45) is 0 Å². The van der Waals surface area contributed by atoms with E-state index in [9.17, 15) is 25.2 Å². The summed E-state index contributed by atoms with van der Waals surface area (Å²) in [5, 5.41) is 40.6. The van der Waals surface area contributed by atoms with Gasteiger partial charge in [-0.05, 0) is 24.4 Å². The third kappa shape index (κ3) is 2.23. The van der Waals surface area contributed by atoms with Crippen molar-refractivity contribution in [3.8, 4) is 0 Å². The number of fused-ring (bicyclic) bond motifs is 1. The first-order valence-electron chi connectivity index (χ1n) is 6.21. The molecule has 5 N–H and O–H groups in total. The highest BCUT2D eigenvalue weighted by Crippen LogP contribution is 2.32. The van der Waals surface area contributed by atoms with Crippen LogP contribution in [-0.4, -0.2) is 50.0 Å². The Morgan fingerprint density at radius 3 is 2.45 bits per heavy atom. The van der Waals surface area contributed by atoms with Gasteiger partial charge in [0.25, 0.3) is 0 Å². The molecule has 4 atom stereocenters. The van der Waals surface area contributed by atoms with E-state index in [4.69, 9.17) is 0 Å². The van der Waals surface area contributed by atoms with Gasteiger partial charge in [-0.25, -0.2) is 0 Å². The van der Waals surface area contributed by atoms with Crippen LogP contribution in [0, 0.1) is 0 Å². The van der Waals surface area contributed by atoms with Gasteiger partial charge in [-0.3, -0.25) is 0 Å². The smallest absolute Gasteiger partial charge is 0.165 e. The monoisotopic (exact) mass is 279 g/mol. The molecule has 1 aromatic heterocycles. The molecule has 0 aliphatic heterocycles. The summed E-state index contributed by atoms with van der Waals surface area (Å²) in [4.78, 5) is 13.7. The van der Waals surface area contributed by atoms with Crippen molar-refractivity contribution in [3.05, 3.63) is 36.0 Å². The van der Waals surface area contributed by atoms with Gasteiger partial charge in [0.15, 0.2) is 11.9 Å². The number of aromatic amines is 1. The molecule has 0 saturated heterocycles. The molecule has 0 aliphatic carbocycles. The van der Waals surface area contributed by atoms with E-state index in [0.717, 1.165) is 5.39 Å². The number of para-hydroxylation sites is 1. The average Bonchev–Trinajstić information content (AvgIpc) is 2.88. The van der Waals surface area contributed by atoms with E-state index in [2.05, 4.69) is 4.98 Å². The maximum Gasteiger partial charge on any atom is 0.165 e. The van der Waals surface area contributed by atoms with Crippen LogP contribution in [0.3, 0.4) is 0 Å². The standard InChI is InChI=1S/C14H17NO5/c1-8(17)13(19)14(20,12(18)7-16)11-6-9-4-2-3-5-10(9)15-11/h2-8,12-13,15,17-20H,1H3/t8-,12-,13-,14-/m0/s1. The van der Waals surface area contributed by atoms with E-state index in [1.54, 1.807) is 24.3 Å². The van der Waals surface area contributed by atoms with E-state index in [-0.39, 0.29) is 12.0 Å². The maximum absolute atomic E-state index is 10.9. The van der Waals surface area contributed by atoms with Crippen LogP contribution in [0.5, 0.6) is 0 Å². The first kappa shape index (κ1) is 14.7. The Morgan fingerprint density at radius 1 is 1.25 bits per heavy atom. The van der Waals surface area contributed by atoms with E-state index in [1.807, 2.05) is 0 Å².